The highest BCUT2D eigenvalue weighted by Crippen LogP contribution is 2.28. The van der Waals surface area contributed by atoms with Gasteiger partial charge in [-0.2, -0.15) is 0 Å². The van der Waals surface area contributed by atoms with Crippen LogP contribution in [0.3, 0.4) is 0 Å². The highest BCUT2D eigenvalue weighted by atomic mass is 14.9. The molecule has 1 saturated carbocycles. The standard InChI is InChI=1S/C14H29N/c1-3-8-14(15-4-2)12-11-13-9-6-5-7-10-13/h13-15H,3-12H2,1-2H3. The molecule has 0 saturated heterocycles. The first kappa shape index (κ1) is 13.0. The predicted octanol–water partition coefficient (Wildman–Crippen LogP) is 4.13. The van der Waals surface area contributed by atoms with Gasteiger partial charge >= 0.3 is 0 Å². The average molecular weight is 211 g/mol. The van der Waals surface area contributed by atoms with Crippen LogP contribution in [0, 0.1) is 5.92 Å². The quantitative estimate of drug-likeness (QED) is 0.668. The van der Waals surface area contributed by atoms with Crippen molar-refractivity contribution < 1.29 is 0 Å². The van der Waals surface area contributed by atoms with E-state index in [1.807, 2.05) is 0 Å². The molecule has 0 heterocycles. The van der Waals surface area contributed by atoms with E-state index < -0.39 is 0 Å². The highest BCUT2D eigenvalue weighted by Gasteiger charge is 2.15. The second kappa shape index (κ2) is 8.15. The second-order valence-corrected chi connectivity index (χ2v) is 5.12. The minimum absolute atomic E-state index is 0.793. The lowest BCUT2D eigenvalue weighted by Gasteiger charge is -2.24. The first-order valence-corrected chi connectivity index (χ1v) is 7.10. The van der Waals surface area contributed by atoms with E-state index in [9.17, 15) is 0 Å². The van der Waals surface area contributed by atoms with Crippen LogP contribution >= 0.6 is 0 Å². The van der Waals surface area contributed by atoms with Crippen molar-refractivity contribution in [2.75, 3.05) is 6.54 Å². The van der Waals surface area contributed by atoms with E-state index in [1.165, 1.54) is 57.8 Å². The third-order valence-corrected chi connectivity index (χ3v) is 3.78. The van der Waals surface area contributed by atoms with Crippen molar-refractivity contribution in [3.8, 4) is 0 Å². The third-order valence-electron chi connectivity index (χ3n) is 3.78. The molecule has 0 bridgehead atoms. The Labute approximate surface area is 96.0 Å². The summed E-state index contributed by atoms with van der Waals surface area (Å²) < 4.78 is 0. The zero-order valence-corrected chi connectivity index (χ0v) is 10.7. The summed E-state index contributed by atoms with van der Waals surface area (Å²) in [5.41, 5.74) is 0. The fourth-order valence-electron chi connectivity index (χ4n) is 2.90. The van der Waals surface area contributed by atoms with Crippen LogP contribution in [0.15, 0.2) is 0 Å². The molecule has 0 amide bonds. The molecule has 0 aromatic carbocycles. The van der Waals surface area contributed by atoms with Crippen LogP contribution in [0.5, 0.6) is 0 Å². The predicted molar refractivity (Wildman–Crippen MR) is 68.2 cm³/mol. The molecule has 1 aliphatic rings. The van der Waals surface area contributed by atoms with Crippen molar-refractivity contribution in [1.82, 2.24) is 5.32 Å². The smallest absolute Gasteiger partial charge is 0.00669 e. The molecule has 0 aliphatic heterocycles. The Bertz CT molecular complexity index is 132. The van der Waals surface area contributed by atoms with Crippen LogP contribution in [0.2, 0.25) is 0 Å². The Morgan fingerprint density at radius 2 is 1.80 bits per heavy atom. The average Bonchev–Trinajstić information content (AvgIpc) is 2.28. The Morgan fingerprint density at radius 1 is 1.07 bits per heavy atom. The van der Waals surface area contributed by atoms with Crippen LogP contribution in [-0.2, 0) is 0 Å². The first-order chi connectivity index (χ1) is 7.36. The van der Waals surface area contributed by atoms with E-state index in [0.717, 1.165) is 18.5 Å². The molecule has 1 atom stereocenters. The van der Waals surface area contributed by atoms with E-state index in [2.05, 4.69) is 19.2 Å². The van der Waals surface area contributed by atoms with Gasteiger partial charge in [0, 0.05) is 6.04 Å². The Kier molecular flexibility index (Phi) is 7.08. The van der Waals surface area contributed by atoms with Crippen LogP contribution in [0.1, 0.15) is 71.6 Å². The molecule has 1 rings (SSSR count). The molecule has 15 heavy (non-hydrogen) atoms. The molecule has 1 aliphatic carbocycles. The highest BCUT2D eigenvalue weighted by molar-refractivity contribution is 4.71. The van der Waals surface area contributed by atoms with E-state index in [4.69, 9.17) is 0 Å². The van der Waals surface area contributed by atoms with Gasteiger partial charge in [0.1, 0.15) is 0 Å². The number of rotatable bonds is 7. The van der Waals surface area contributed by atoms with Crippen molar-refractivity contribution in [3.63, 3.8) is 0 Å². The molecule has 1 N–H and O–H groups in total. The molecule has 0 aromatic rings. The van der Waals surface area contributed by atoms with Gasteiger partial charge in [0.25, 0.3) is 0 Å². The minimum atomic E-state index is 0.793. The van der Waals surface area contributed by atoms with Gasteiger partial charge in [-0.25, -0.2) is 0 Å². The largest absolute Gasteiger partial charge is 0.314 e. The lowest BCUT2D eigenvalue weighted by molar-refractivity contribution is 0.309. The van der Waals surface area contributed by atoms with Gasteiger partial charge in [-0.3, -0.25) is 0 Å². The summed E-state index contributed by atoms with van der Waals surface area (Å²) in [5, 5.41) is 3.62. The SMILES string of the molecule is CCCC(CCC1CCCCC1)NCC. The second-order valence-electron chi connectivity index (χ2n) is 5.12. The molecule has 0 spiro atoms. The third kappa shape index (κ3) is 5.55. The summed E-state index contributed by atoms with van der Waals surface area (Å²) in [6.45, 7) is 5.66. The summed E-state index contributed by atoms with van der Waals surface area (Å²) in [5.74, 6) is 1.05. The fraction of sp³-hybridized carbons (Fsp3) is 1.00. The van der Waals surface area contributed by atoms with E-state index in [1.54, 1.807) is 0 Å². The van der Waals surface area contributed by atoms with Gasteiger partial charge in [-0.05, 0) is 31.7 Å². The number of hydrogen-bond acceptors (Lipinski definition) is 1. The van der Waals surface area contributed by atoms with Crippen molar-refractivity contribution in [3.05, 3.63) is 0 Å². The Morgan fingerprint density at radius 3 is 2.40 bits per heavy atom. The number of hydrogen-bond donors (Lipinski definition) is 1. The van der Waals surface area contributed by atoms with Crippen LogP contribution in [0.4, 0.5) is 0 Å². The van der Waals surface area contributed by atoms with Gasteiger partial charge < -0.3 is 5.32 Å². The lowest BCUT2D eigenvalue weighted by atomic mass is 9.85. The monoisotopic (exact) mass is 211 g/mol. The maximum Gasteiger partial charge on any atom is 0.00669 e. The molecule has 1 nitrogen and oxygen atoms in total. The molecular weight excluding hydrogens is 182 g/mol. The van der Waals surface area contributed by atoms with Gasteiger partial charge in [0.15, 0.2) is 0 Å². The van der Waals surface area contributed by atoms with Gasteiger partial charge in [-0.15, -0.1) is 0 Å². The van der Waals surface area contributed by atoms with Crippen molar-refractivity contribution in [2.45, 2.75) is 77.7 Å². The summed E-state index contributed by atoms with van der Waals surface area (Å²) in [7, 11) is 0. The maximum atomic E-state index is 3.62. The fourth-order valence-corrected chi connectivity index (χ4v) is 2.90. The summed E-state index contributed by atoms with van der Waals surface area (Å²) in [6, 6.07) is 0.793. The zero-order chi connectivity index (χ0) is 10.9. The van der Waals surface area contributed by atoms with Crippen LogP contribution in [0.25, 0.3) is 0 Å². The van der Waals surface area contributed by atoms with Gasteiger partial charge in [0.2, 0.25) is 0 Å². The Balaban J connectivity index is 2.13. The molecule has 0 aromatic heterocycles. The van der Waals surface area contributed by atoms with E-state index in [-0.39, 0.29) is 0 Å². The maximum absolute atomic E-state index is 3.62. The summed E-state index contributed by atoms with van der Waals surface area (Å²) >= 11 is 0. The molecule has 1 heteroatoms. The first-order valence-electron chi connectivity index (χ1n) is 7.10. The lowest BCUT2D eigenvalue weighted by Crippen LogP contribution is -2.29. The van der Waals surface area contributed by atoms with Crippen LogP contribution < -0.4 is 5.32 Å². The topological polar surface area (TPSA) is 12.0 Å². The normalized spacial score (nSPS) is 20.4. The van der Waals surface area contributed by atoms with E-state index in [0.29, 0.717) is 0 Å². The molecule has 90 valence electrons. The van der Waals surface area contributed by atoms with Crippen molar-refractivity contribution >= 4 is 0 Å². The Hall–Kier alpha value is -0.0400. The minimum Gasteiger partial charge on any atom is -0.314 e. The van der Waals surface area contributed by atoms with E-state index >= 15 is 0 Å². The summed E-state index contributed by atoms with van der Waals surface area (Å²) in [4.78, 5) is 0. The van der Waals surface area contributed by atoms with Crippen molar-refractivity contribution in [2.24, 2.45) is 5.92 Å². The number of nitrogens with one attached hydrogen (secondary N) is 1. The van der Waals surface area contributed by atoms with Crippen LogP contribution in [-0.4, -0.2) is 12.6 Å². The van der Waals surface area contributed by atoms with Crippen molar-refractivity contribution in [1.29, 1.82) is 0 Å². The molecule has 0 radical (unpaired) electrons. The molecule has 1 unspecified atom stereocenters. The molecule has 1 fully saturated rings. The molecular formula is C14H29N. The van der Waals surface area contributed by atoms with Gasteiger partial charge in [-0.1, -0.05) is 52.4 Å². The van der Waals surface area contributed by atoms with Gasteiger partial charge in [0.05, 0.1) is 0 Å². The summed E-state index contributed by atoms with van der Waals surface area (Å²) in [6.07, 6.45) is 13.0. The zero-order valence-electron chi connectivity index (χ0n) is 10.7.